The van der Waals surface area contributed by atoms with Crippen LogP contribution in [0.2, 0.25) is 0 Å². The predicted octanol–water partition coefficient (Wildman–Crippen LogP) is 0.943. The molecule has 0 aliphatic carbocycles. The monoisotopic (exact) mass is 304 g/mol. The van der Waals surface area contributed by atoms with Crippen LogP contribution >= 0.6 is 0 Å². The van der Waals surface area contributed by atoms with Crippen LogP contribution in [0.5, 0.6) is 0 Å². The van der Waals surface area contributed by atoms with E-state index in [0.717, 1.165) is 0 Å². The standard InChI is InChI=1S/C12H8F4N2O3/c13-8-2-1-6(12(14,15)16)3-7(8)11(21)18-4-9(19)17-10(20)5-18/h1-3H,4-5H2,(H,17,19,20). The number of alkyl halides is 3. The van der Waals surface area contributed by atoms with Crippen LogP contribution < -0.4 is 5.32 Å². The number of nitrogens with zero attached hydrogens (tertiary/aromatic N) is 1. The van der Waals surface area contributed by atoms with E-state index in [1.54, 1.807) is 0 Å². The van der Waals surface area contributed by atoms with Crippen molar-refractivity contribution in [1.29, 1.82) is 0 Å². The van der Waals surface area contributed by atoms with Crippen molar-refractivity contribution in [2.45, 2.75) is 6.18 Å². The van der Waals surface area contributed by atoms with Crippen molar-refractivity contribution in [3.63, 3.8) is 0 Å². The average molecular weight is 304 g/mol. The maximum atomic E-state index is 13.6. The van der Waals surface area contributed by atoms with E-state index in [-0.39, 0.29) is 0 Å². The molecule has 1 N–H and O–H groups in total. The molecule has 112 valence electrons. The van der Waals surface area contributed by atoms with Gasteiger partial charge in [-0.05, 0) is 18.2 Å². The van der Waals surface area contributed by atoms with E-state index in [2.05, 4.69) is 0 Å². The molecule has 21 heavy (non-hydrogen) atoms. The highest BCUT2D eigenvalue weighted by Crippen LogP contribution is 2.30. The van der Waals surface area contributed by atoms with Gasteiger partial charge < -0.3 is 4.90 Å². The van der Waals surface area contributed by atoms with Crippen LogP contribution in [0.15, 0.2) is 18.2 Å². The zero-order chi connectivity index (χ0) is 15.8. The molecule has 0 unspecified atom stereocenters. The largest absolute Gasteiger partial charge is 0.416 e. The van der Waals surface area contributed by atoms with E-state index in [1.807, 2.05) is 5.32 Å². The maximum absolute atomic E-state index is 13.6. The molecule has 2 rings (SSSR count). The summed E-state index contributed by atoms with van der Waals surface area (Å²) in [6.07, 6.45) is -4.74. The Morgan fingerprint density at radius 2 is 1.71 bits per heavy atom. The third-order valence-electron chi connectivity index (χ3n) is 2.76. The summed E-state index contributed by atoms with van der Waals surface area (Å²) >= 11 is 0. The number of rotatable bonds is 1. The number of hydrogen-bond acceptors (Lipinski definition) is 3. The molecule has 1 heterocycles. The van der Waals surface area contributed by atoms with Crippen molar-refractivity contribution in [2.75, 3.05) is 13.1 Å². The number of piperazine rings is 1. The predicted molar refractivity (Wildman–Crippen MR) is 60.5 cm³/mol. The van der Waals surface area contributed by atoms with E-state index >= 15 is 0 Å². The smallest absolute Gasteiger partial charge is 0.320 e. The van der Waals surface area contributed by atoms with Gasteiger partial charge in [-0.15, -0.1) is 0 Å². The summed E-state index contributed by atoms with van der Waals surface area (Å²) in [5, 5.41) is 1.92. The molecular formula is C12H8F4N2O3. The van der Waals surface area contributed by atoms with Crippen LogP contribution in [0.1, 0.15) is 15.9 Å². The molecule has 1 aromatic carbocycles. The summed E-state index contributed by atoms with van der Waals surface area (Å²) in [5.41, 5.74) is -2.03. The molecule has 0 aromatic heterocycles. The Hall–Kier alpha value is -2.45. The van der Waals surface area contributed by atoms with Gasteiger partial charge in [-0.1, -0.05) is 0 Å². The Balaban J connectivity index is 2.34. The molecule has 1 aliphatic rings. The molecule has 0 atom stereocenters. The number of carbonyl (C=O) groups excluding carboxylic acids is 3. The normalized spacial score (nSPS) is 15.9. The third-order valence-corrected chi connectivity index (χ3v) is 2.76. The molecule has 1 fully saturated rings. The topological polar surface area (TPSA) is 66.5 Å². The van der Waals surface area contributed by atoms with Crippen molar-refractivity contribution in [2.24, 2.45) is 0 Å². The van der Waals surface area contributed by atoms with Gasteiger partial charge in [0, 0.05) is 0 Å². The Kier molecular flexibility index (Phi) is 3.67. The van der Waals surface area contributed by atoms with Gasteiger partial charge in [0.05, 0.1) is 11.1 Å². The second-order valence-corrected chi connectivity index (χ2v) is 4.32. The molecule has 5 nitrogen and oxygen atoms in total. The maximum Gasteiger partial charge on any atom is 0.416 e. The van der Waals surface area contributed by atoms with Gasteiger partial charge in [0.15, 0.2) is 0 Å². The Bertz CT molecular complexity index is 611. The quantitative estimate of drug-likeness (QED) is 0.620. The highest BCUT2D eigenvalue weighted by molar-refractivity contribution is 6.05. The molecule has 1 aliphatic heterocycles. The Morgan fingerprint density at radius 1 is 1.14 bits per heavy atom. The van der Waals surface area contributed by atoms with Gasteiger partial charge in [0.25, 0.3) is 5.91 Å². The molecule has 1 aromatic rings. The average Bonchev–Trinajstić information content (AvgIpc) is 2.36. The minimum absolute atomic E-state index is 0.356. The van der Waals surface area contributed by atoms with Crippen molar-refractivity contribution in [3.05, 3.63) is 35.1 Å². The fraction of sp³-hybridized carbons (Fsp3) is 0.250. The number of benzene rings is 1. The lowest BCUT2D eigenvalue weighted by Gasteiger charge is -2.25. The number of hydrogen-bond donors (Lipinski definition) is 1. The molecule has 1 saturated heterocycles. The minimum Gasteiger partial charge on any atom is -0.320 e. The Morgan fingerprint density at radius 3 is 2.24 bits per heavy atom. The lowest BCUT2D eigenvalue weighted by Crippen LogP contribution is -2.53. The number of imide groups is 1. The first-order chi connectivity index (χ1) is 9.68. The lowest BCUT2D eigenvalue weighted by molar-refractivity contribution is -0.138. The highest BCUT2D eigenvalue weighted by Gasteiger charge is 2.34. The molecule has 0 radical (unpaired) electrons. The van der Waals surface area contributed by atoms with Crippen LogP contribution in [0.4, 0.5) is 17.6 Å². The first-order valence-electron chi connectivity index (χ1n) is 5.67. The number of nitrogens with one attached hydrogen (secondary N) is 1. The van der Waals surface area contributed by atoms with Crippen molar-refractivity contribution in [3.8, 4) is 0 Å². The number of carbonyl (C=O) groups is 3. The van der Waals surface area contributed by atoms with Gasteiger partial charge >= 0.3 is 6.18 Å². The van der Waals surface area contributed by atoms with E-state index in [0.29, 0.717) is 23.1 Å². The first kappa shape index (κ1) is 14.9. The van der Waals surface area contributed by atoms with Gasteiger partial charge in [0.1, 0.15) is 18.9 Å². The summed E-state index contributed by atoms with van der Waals surface area (Å²) in [5.74, 6) is -3.88. The summed E-state index contributed by atoms with van der Waals surface area (Å²) in [4.78, 5) is 34.9. The molecule has 0 saturated carbocycles. The van der Waals surface area contributed by atoms with Crippen molar-refractivity contribution in [1.82, 2.24) is 10.2 Å². The van der Waals surface area contributed by atoms with Crippen LogP contribution in [0.25, 0.3) is 0 Å². The van der Waals surface area contributed by atoms with E-state index in [9.17, 15) is 31.9 Å². The second-order valence-electron chi connectivity index (χ2n) is 4.32. The summed E-state index contributed by atoms with van der Waals surface area (Å²) in [6, 6.07) is 1.37. The van der Waals surface area contributed by atoms with Gasteiger partial charge in [-0.25, -0.2) is 4.39 Å². The van der Waals surface area contributed by atoms with Crippen LogP contribution in [-0.4, -0.2) is 35.7 Å². The zero-order valence-electron chi connectivity index (χ0n) is 10.3. The van der Waals surface area contributed by atoms with Gasteiger partial charge in [0.2, 0.25) is 11.8 Å². The number of halogens is 4. The molecule has 0 spiro atoms. The summed E-state index contributed by atoms with van der Waals surface area (Å²) in [6.45, 7) is -1.06. The van der Waals surface area contributed by atoms with Crippen LogP contribution in [-0.2, 0) is 15.8 Å². The molecule has 9 heteroatoms. The van der Waals surface area contributed by atoms with Crippen molar-refractivity contribution >= 4 is 17.7 Å². The third kappa shape index (κ3) is 3.18. The first-order valence-corrected chi connectivity index (χ1v) is 5.67. The molecule has 0 bridgehead atoms. The minimum atomic E-state index is -4.74. The van der Waals surface area contributed by atoms with Crippen LogP contribution in [0.3, 0.4) is 0 Å². The van der Waals surface area contributed by atoms with E-state index < -0.39 is 53.9 Å². The van der Waals surface area contributed by atoms with Gasteiger partial charge in [-0.2, -0.15) is 13.2 Å². The Labute approximate surface area is 115 Å². The van der Waals surface area contributed by atoms with Crippen molar-refractivity contribution < 1.29 is 31.9 Å². The van der Waals surface area contributed by atoms with E-state index in [1.165, 1.54) is 0 Å². The molecule has 3 amide bonds. The second kappa shape index (κ2) is 5.15. The van der Waals surface area contributed by atoms with E-state index in [4.69, 9.17) is 0 Å². The highest BCUT2D eigenvalue weighted by atomic mass is 19.4. The SMILES string of the molecule is O=C1CN(C(=O)c2cc(C(F)(F)F)ccc2F)CC(=O)N1. The zero-order valence-corrected chi connectivity index (χ0v) is 10.3. The number of amides is 3. The van der Waals surface area contributed by atoms with Crippen LogP contribution in [0, 0.1) is 5.82 Å². The lowest BCUT2D eigenvalue weighted by atomic mass is 10.1. The summed E-state index contributed by atoms with van der Waals surface area (Å²) < 4.78 is 51.2. The fourth-order valence-electron chi connectivity index (χ4n) is 1.82. The van der Waals surface area contributed by atoms with Gasteiger partial charge in [-0.3, -0.25) is 19.7 Å². The molecular weight excluding hydrogens is 296 g/mol. The fourth-order valence-corrected chi connectivity index (χ4v) is 1.82. The summed E-state index contributed by atoms with van der Waals surface area (Å²) in [7, 11) is 0.